The lowest BCUT2D eigenvalue weighted by atomic mass is 10.1. The van der Waals surface area contributed by atoms with Gasteiger partial charge in [-0.1, -0.05) is 18.2 Å². The molecule has 2 N–H and O–H groups in total. The monoisotopic (exact) mass is 480 g/mol. The first-order valence-electron chi connectivity index (χ1n) is 12.0. The van der Waals surface area contributed by atoms with Crippen LogP contribution in [-0.2, 0) is 26.1 Å². The first-order chi connectivity index (χ1) is 17.0. The minimum Gasteiger partial charge on any atom is -0.496 e. The van der Waals surface area contributed by atoms with Gasteiger partial charge in [0.2, 0.25) is 0 Å². The third-order valence-electron chi connectivity index (χ3n) is 6.85. The van der Waals surface area contributed by atoms with Gasteiger partial charge in [0.25, 0.3) is 11.5 Å². The maximum atomic E-state index is 13.4. The summed E-state index contributed by atoms with van der Waals surface area (Å²) >= 11 is 0. The molecule has 1 aliphatic rings. The molecule has 2 atom stereocenters. The molecule has 3 aromatic rings. The summed E-state index contributed by atoms with van der Waals surface area (Å²) < 4.78 is 14.6. The number of benzene rings is 1. The lowest BCUT2D eigenvalue weighted by Crippen LogP contribution is -3.15. The van der Waals surface area contributed by atoms with Crippen LogP contribution in [0, 0.1) is 0 Å². The van der Waals surface area contributed by atoms with Gasteiger partial charge in [0.05, 0.1) is 39.9 Å². The zero-order valence-corrected chi connectivity index (χ0v) is 20.6. The van der Waals surface area contributed by atoms with Crippen molar-refractivity contribution in [3.8, 4) is 11.5 Å². The Labute approximate surface area is 205 Å². The van der Waals surface area contributed by atoms with Crippen molar-refractivity contribution in [3.05, 3.63) is 76.0 Å². The van der Waals surface area contributed by atoms with Crippen molar-refractivity contribution in [2.75, 3.05) is 27.3 Å². The number of pyridine rings is 1. The molecule has 0 aliphatic carbocycles. The van der Waals surface area contributed by atoms with Crippen LogP contribution in [0.5, 0.6) is 11.5 Å². The molecule has 0 saturated carbocycles. The van der Waals surface area contributed by atoms with Crippen molar-refractivity contribution in [3.63, 3.8) is 0 Å². The number of hydrogen-bond donors (Lipinski definition) is 2. The number of methoxy groups -OCH3 is 2. The lowest BCUT2D eigenvalue weighted by Gasteiger charge is -2.24. The summed E-state index contributed by atoms with van der Waals surface area (Å²) in [4.78, 5) is 27.7. The number of carbonyl (C=O) groups excluding carboxylic acids is 1. The molecule has 1 aromatic carbocycles. The molecule has 9 nitrogen and oxygen atoms in total. The number of aromatic nitrogens is 3. The van der Waals surface area contributed by atoms with Gasteiger partial charge in [-0.05, 0) is 19.1 Å². The van der Waals surface area contributed by atoms with Crippen molar-refractivity contribution >= 4 is 5.91 Å². The molecule has 1 amide bonds. The van der Waals surface area contributed by atoms with Gasteiger partial charge in [-0.15, -0.1) is 0 Å². The van der Waals surface area contributed by atoms with E-state index in [9.17, 15) is 9.59 Å². The quantitative estimate of drug-likeness (QED) is 0.475. The highest BCUT2D eigenvalue weighted by Crippen LogP contribution is 2.22. The lowest BCUT2D eigenvalue weighted by molar-refractivity contribution is -0.923. The largest absolute Gasteiger partial charge is 0.496 e. The molecule has 186 valence electrons. The summed E-state index contributed by atoms with van der Waals surface area (Å²) in [5.41, 5.74) is 1.92. The Morgan fingerprint density at radius 1 is 1.17 bits per heavy atom. The standard InChI is InChI=1S/C26H33N5O4/c1-19(9-14-30-12-6-11-28-30)29-13-10-21-25(23(35-3)17-24(32)31(21)16-15-29)26(33)27-18-20-7-4-5-8-22(20)34-2/h4-8,11-12,17,19H,9-10,13-16,18H2,1-3H3,(H,27,33)/p+1. The van der Waals surface area contributed by atoms with E-state index in [4.69, 9.17) is 9.47 Å². The van der Waals surface area contributed by atoms with Gasteiger partial charge < -0.3 is 24.3 Å². The second-order valence-electron chi connectivity index (χ2n) is 8.89. The normalized spacial score (nSPS) is 16.1. The molecule has 2 unspecified atom stereocenters. The molecular formula is C26H34N5O4+. The smallest absolute Gasteiger partial charge is 0.257 e. The van der Waals surface area contributed by atoms with Crippen LogP contribution in [-0.4, -0.2) is 53.6 Å². The third-order valence-corrected chi connectivity index (χ3v) is 6.85. The van der Waals surface area contributed by atoms with Crippen LogP contribution in [0.2, 0.25) is 0 Å². The number of nitrogens with one attached hydrogen (secondary N) is 2. The van der Waals surface area contributed by atoms with E-state index < -0.39 is 0 Å². The topological polar surface area (TPSA) is 91.8 Å². The van der Waals surface area contributed by atoms with Crippen LogP contribution < -0.4 is 25.2 Å². The van der Waals surface area contributed by atoms with Gasteiger partial charge in [0.15, 0.2) is 0 Å². The number of quaternary nitrogens is 1. The molecule has 0 spiro atoms. The molecule has 0 saturated heterocycles. The fraction of sp³-hybridized carbons (Fsp3) is 0.423. The number of fused-ring (bicyclic) bond motifs is 1. The summed E-state index contributed by atoms with van der Waals surface area (Å²) in [6, 6.07) is 11.3. The van der Waals surface area contributed by atoms with E-state index in [1.807, 2.05) is 41.2 Å². The number of ether oxygens (including phenoxy) is 2. The van der Waals surface area contributed by atoms with Crippen LogP contribution in [0.3, 0.4) is 0 Å². The first-order valence-corrected chi connectivity index (χ1v) is 12.0. The van der Waals surface area contributed by atoms with Crippen LogP contribution >= 0.6 is 0 Å². The summed E-state index contributed by atoms with van der Waals surface area (Å²) in [5, 5.41) is 7.29. The average Bonchev–Trinajstić information content (AvgIpc) is 3.30. The van der Waals surface area contributed by atoms with Crippen LogP contribution in [0.15, 0.2) is 53.6 Å². The van der Waals surface area contributed by atoms with Crippen molar-refractivity contribution in [2.45, 2.75) is 45.4 Å². The maximum absolute atomic E-state index is 13.4. The highest BCUT2D eigenvalue weighted by Gasteiger charge is 2.28. The summed E-state index contributed by atoms with van der Waals surface area (Å²) in [6.45, 7) is 5.62. The predicted molar refractivity (Wildman–Crippen MR) is 132 cm³/mol. The Morgan fingerprint density at radius 2 is 1.97 bits per heavy atom. The molecule has 9 heteroatoms. The molecule has 0 fully saturated rings. The van der Waals surface area contributed by atoms with Gasteiger partial charge >= 0.3 is 0 Å². The van der Waals surface area contributed by atoms with Crippen LogP contribution in [0.1, 0.15) is 35.0 Å². The Kier molecular flexibility index (Phi) is 7.87. The highest BCUT2D eigenvalue weighted by molar-refractivity contribution is 5.98. The fourth-order valence-electron chi connectivity index (χ4n) is 4.81. The van der Waals surface area contributed by atoms with E-state index in [2.05, 4.69) is 17.3 Å². The number of aryl methyl sites for hydroxylation is 1. The molecule has 1 aliphatic heterocycles. The number of nitrogens with zero attached hydrogens (tertiary/aromatic N) is 3. The highest BCUT2D eigenvalue weighted by atomic mass is 16.5. The van der Waals surface area contributed by atoms with Gasteiger partial charge in [-0.3, -0.25) is 14.3 Å². The fourth-order valence-corrected chi connectivity index (χ4v) is 4.81. The summed E-state index contributed by atoms with van der Waals surface area (Å²) in [6.07, 6.45) is 5.37. The third kappa shape index (κ3) is 5.57. The molecule has 0 radical (unpaired) electrons. The zero-order chi connectivity index (χ0) is 24.8. The van der Waals surface area contributed by atoms with Gasteiger partial charge in [-0.2, -0.15) is 5.10 Å². The Bertz CT molecular complexity index is 1200. The zero-order valence-electron chi connectivity index (χ0n) is 20.6. The SMILES string of the molecule is COc1ccccc1CNC(=O)c1c(OC)cc(=O)n2c1CC[NH+](C(C)CCn1cccn1)CC2. The predicted octanol–water partition coefficient (Wildman–Crippen LogP) is 0.912. The molecule has 4 rings (SSSR count). The van der Waals surface area contributed by atoms with E-state index in [-0.39, 0.29) is 11.5 Å². The van der Waals surface area contributed by atoms with Gasteiger partial charge in [-0.25, -0.2) is 0 Å². The van der Waals surface area contributed by atoms with Crippen LogP contribution in [0.25, 0.3) is 0 Å². The number of rotatable bonds is 9. The van der Waals surface area contributed by atoms with E-state index in [0.717, 1.165) is 37.3 Å². The number of amides is 1. The van der Waals surface area contributed by atoms with Crippen LogP contribution in [0.4, 0.5) is 0 Å². The first kappa shape index (κ1) is 24.5. The second-order valence-corrected chi connectivity index (χ2v) is 8.89. The number of carbonyl (C=O) groups is 1. The molecule has 2 aromatic heterocycles. The number of para-hydroxylation sites is 1. The van der Waals surface area contributed by atoms with Crippen molar-refractivity contribution < 1.29 is 19.2 Å². The minimum absolute atomic E-state index is 0.136. The van der Waals surface area contributed by atoms with E-state index in [0.29, 0.717) is 42.6 Å². The van der Waals surface area contributed by atoms with Gasteiger partial charge in [0.1, 0.15) is 17.1 Å². The van der Waals surface area contributed by atoms with Crippen molar-refractivity contribution in [1.82, 2.24) is 19.7 Å². The second kappa shape index (κ2) is 11.2. The number of hydrogen-bond acceptors (Lipinski definition) is 5. The van der Waals surface area contributed by atoms with E-state index >= 15 is 0 Å². The Hall–Kier alpha value is -3.59. The summed E-state index contributed by atoms with van der Waals surface area (Å²) in [5.74, 6) is 0.770. The minimum atomic E-state index is -0.258. The summed E-state index contributed by atoms with van der Waals surface area (Å²) in [7, 11) is 3.10. The molecule has 0 bridgehead atoms. The van der Waals surface area contributed by atoms with Crippen molar-refractivity contribution in [2.24, 2.45) is 0 Å². The molecular weight excluding hydrogens is 446 g/mol. The van der Waals surface area contributed by atoms with Gasteiger partial charge in [0, 0.05) is 55.6 Å². The van der Waals surface area contributed by atoms with E-state index in [1.165, 1.54) is 18.1 Å². The Morgan fingerprint density at radius 3 is 2.71 bits per heavy atom. The average molecular weight is 481 g/mol. The molecule has 35 heavy (non-hydrogen) atoms. The molecule has 3 heterocycles. The van der Waals surface area contributed by atoms with E-state index in [1.54, 1.807) is 17.9 Å². The Balaban J connectivity index is 1.52. The van der Waals surface area contributed by atoms with Crippen molar-refractivity contribution in [1.29, 1.82) is 0 Å². The maximum Gasteiger partial charge on any atom is 0.257 e.